The van der Waals surface area contributed by atoms with E-state index in [0.717, 1.165) is 6.54 Å². The minimum atomic E-state index is -1.19. The second-order valence-corrected chi connectivity index (χ2v) is 10.1. The number of amides is 8. The third kappa shape index (κ3) is 71.3. The molecule has 2 unspecified atom stereocenters. The average Bonchev–Trinajstić information content (AvgIpc) is 3.07. The molecule has 19 nitrogen and oxygen atoms in total. The molecular formula is C33H71N9O10. The summed E-state index contributed by atoms with van der Waals surface area (Å²) in [6.07, 6.45) is 5.00. The lowest BCUT2D eigenvalue weighted by atomic mass is 10.1. The van der Waals surface area contributed by atoms with Crippen molar-refractivity contribution >= 4 is 54.7 Å². The zero-order valence-corrected chi connectivity index (χ0v) is 33.1. The summed E-state index contributed by atoms with van der Waals surface area (Å²) in [5, 5.41) is 23.3. The fourth-order valence-corrected chi connectivity index (χ4v) is 2.56. The Bertz CT molecular complexity index is 907. The predicted octanol–water partition coefficient (Wildman–Crippen LogP) is -0.459. The Morgan fingerprint density at radius 2 is 1.23 bits per heavy atom. The normalized spacial score (nSPS) is 9.69. The largest absolute Gasteiger partial charge is 0.481 e. The van der Waals surface area contributed by atoms with Crippen molar-refractivity contribution < 1.29 is 48.3 Å². The van der Waals surface area contributed by atoms with Gasteiger partial charge in [0.1, 0.15) is 6.04 Å². The quantitative estimate of drug-likeness (QED) is 0.0753. The maximum absolute atomic E-state index is 11.9. The van der Waals surface area contributed by atoms with Crippen LogP contribution in [0.4, 0.5) is 0 Å². The number of hydrogen-bond donors (Lipinski definition) is 10. The standard InChI is InChI=1S/C12H21N3O5.C6H12N2O2.C5H10N2O2.C4H11N.C3H8.C2H6.CH3NO/c1-3-10(17)15-8(6-11(18)19)12(20)14-7(2)4-5-9(13)16;1-5(2)8-6(10)3-7-4-9;1-2-7-5(9)3-6-4-8;1-2-3-4-5;1-3-2;1-2;2-1-3/h7-8H,3-6H2,1-2H3,(H2,13,16)(H,14,20)(H,15,17)(H,18,19);4-5H,3H2,1-2H3,(H,7,9)(H,8,10);4H,2-3H2,1H3,(H,6,8)(H,7,9);2-5H2,1H3;3H2,1-2H3;1-2H3;1H,(H2,2,3). The number of nitrogens with one attached hydrogen (secondary N) is 6. The van der Waals surface area contributed by atoms with E-state index in [-0.39, 0.29) is 56.2 Å². The molecule has 0 saturated carbocycles. The lowest BCUT2D eigenvalue weighted by Gasteiger charge is -2.19. The number of primary amides is 2. The number of nitrogens with two attached hydrogens (primary N) is 3. The van der Waals surface area contributed by atoms with Crippen LogP contribution in [0.15, 0.2) is 0 Å². The Hall–Kier alpha value is -4.81. The smallest absolute Gasteiger partial charge is 0.305 e. The first-order chi connectivity index (χ1) is 24.5. The number of likely N-dealkylation sites (N-methyl/N-ethyl adjacent to an activating group) is 1. The van der Waals surface area contributed by atoms with Gasteiger partial charge in [0.05, 0.1) is 19.5 Å². The summed E-state index contributed by atoms with van der Waals surface area (Å²) in [4.78, 5) is 93.5. The van der Waals surface area contributed by atoms with E-state index in [4.69, 9.17) is 21.4 Å². The van der Waals surface area contributed by atoms with Gasteiger partial charge in [-0.05, 0) is 47.1 Å². The number of carboxylic acids is 1. The van der Waals surface area contributed by atoms with E-state index in [1.54, 1.807) is 13.8 Å². The molecule has 19 heteroatoms. The van der Waals surface area contributed by atoms with Gasteiger partial charge in [-0.2, -0.15) is 0 Å². The molecule has 0 aliphatic carbocycles. The van der Waals surface area contributed by atoms with Crippen LogP contribution in [0.1, 0.15) is 114 Å². The van der Waals surface area contributed by atoms with Crippen molar-refractivity contribution in [3.63, 3.8) is 0 Å². The molecule has 0 heterocycles. The van der Waals surface area contributed by atoms with E-state index in [2.05, 4.69) is 58.4 Å². The van der Waals surface area contributed by atoms with Crippen LogP contribution in [0.3, 0.4) is 0 Å². The maximum Gasteiger partial charge on any atom is 0.305 e. The van der Waals surface area contributed by atoms with Gasteiger partial charge in [-0.1, -0.05) is 54.4 Å². The van der Waals surface area contributed by atoms with Crippen molar-refractivity contribution in [1.29, 1.82) is 0 Å². The van der Waals surface area contributed by atoms with Crippen LogP contribution in [0.25, 0.3) is 0 Å². The second kappa shape index (κ2) is 53.0. The molecule has 0 rings (SSSR count). The van der Waals surface area contributed by atoms with Gasteiger partial charge >= 0.3 is 5.97 Å². The van der Waals surface area contributed by atoms with E-state index in [0.29, 0.717) is 25.8 Å². The van der Waals surface area contributed by atoms with Gasteiger partial charge in [0.15, 0.2) is 0 Å². The third-order valence-corrected chi connectivity index (χ3v) is 4.64. The average molecular weight is 754 g/mol. The zero-order valence-electron chi connectivity index (χ0n) is 33.1. The molecule has 0 aromatic heterocycles. The Kier molecular flexibility index (Phi) is 63.5. The van der Waals surface area contributed by atoms with Crippen LogP contribution in [0.2, 0.25) is 0 Å². The van der Waals surface area contributed by atoms with E-state index in [1.807, 2.05) is 34.6 Å². The highest BCUT2D eigenvalue weighted by atomic mass is 16.4. The molecule has 0 fully saturated rings. The van der Waals surface area contributed by atoms with E-state index >= 15 is 0 Å². The molecule has 52 heavy (non-hydrogen) atoms. The Morgan fingerprint density at radius 1 is 0.769 bits per heavy atom. The summed E-state index contributed by atoms with van der Waals surface area (Å²) in [6.45, 7) is 20.7. The molecule has 2 atom stereocenters. The molecule has 0 aliphatic heterocycles. The first kappa shape index (κ1) is 62.3. The number of unbranched alkanes of at least 4 members (excludes halogenated alkanes) is 1. The van der Waals surface area contributed by atoms with Crippen LogP contribution in [-0.2, 0) is 43.2 Å². The summed E-state index contributed by atoms with van der Waals surface area (Å²) in [5.41, 5.74) is 14.3. The zero-order chi connectivity index (χ0) is 42.3. The Labute approximate surface area is 310 Å². The summed E-state index contributed by atoms with van der Waals surface area (Å²) in [6, 6.07) is -1.35. The van der Waals surface area contributed by atoms with E-state index in [9.17, 15) is 38.4 Å². The van der Waals surface area contributed by atoms with Crippen molar-refractivity contribution in [2.75, 3.05) is 26.2 Å². The molecule has 0 saturated heterocycles. The lowest BCUT2D eigenvalue weighted by Crippen LogP contribution is -2.50. The molecule has 8 amide bonds. The van der Waals surface area contributed by atoms with Crippen LogP contribution >= 0.6 is 0 Å². The van der Waals surface area contributed by atoms with Gasteiger partial charge in [0, 0.05) is 31.5 Å². The fourth-order valence-electron chi connectivity index (χ4n) is 2.56. The number of carboxylic acid groups (broad SMARTS) is 1. The SMILES string of the molecule is CC.CC(C)NC(=O)CNC=O.CCC.CCC(=O)NC(CC(=O)O)C(=O)NC(C)CCC(N)=O.CCCCN.CCNC(=O)CNC=O.NC=O. The molecule has 0 spiro atoms. The summed E-state index contributed by atoms with van der Waals surface area (Å²) < 4.78 is 0. The van der Waals surface area contributed by atoms with Crippen LogP contribution < -0.4 is 49.1 Å². The molecule has 13 N–H and O–H groups in total. The van der Waals surface area contributed by atoms with Crippen LogP contribution in [0.5, 0.6) is 0 Å². The minimum absolute atomic E-state index is 0.0572. The topological polar surface area (TPSA) is 324 Å². The number of rotatable bonds is 19. The van der Waals surface area contributed by atoms with Crippen molar-refractivity contribution in [2.24, 2.45) is 17.2 Å². The monoisotopic (exact) mass is 754 g/mol. The molecule has 0 bridgehead atoms. The first-order valence-electron chi connectivity index (χ1n) is 17.3. The maximum atomic E-state index is 11.9. The molecule has 0 aromatic rings. The highest BCUT2D eigenvalue weighted by Crippen LogP contribution is 2.00. The Morgan fingerprint density at radius 3 is 1.54 bits per heavy atom. The number of aliphatic carboxylic acids is 1. The van der Waals surface area contributed by atoms with Crippen molar-refractivity contribution in [3.05, 3.63) is 0 Å². The summed E-state index contributed by atoms with van der Waals surface area (Å²) in [5.74, 6) is -2.99. The van der Waals surface area contributed by atoms with Gasteiger partial charge in [0.25, 0.3) is 0 Å². The van der Waals surface area contributed by atoms with Gasteiger partial charge < -0.3 is 54.2 Å². The highest BCUT2D eigenvalue weighted by Gasteiger charge is 2.24. The van der Waals surface area contributed by atoms with Crippen molar-refractivity contribution in [2.45, 2.75) is 132 Å². The van der Waals surface area contributed by atoms with Crippen molar-refractivity contribution in [1.82, 2.24) is 31.9 Å². The van der Waals surface area contributed by atoms with Crippen molar-refractivity contribution in [3.8, 4) is 0 Å². The van der Waals surface area contributed by atoms with Gasteiger partial charge in [-0.15, -0.1) is 0 Å². The number of hydrogen-bond acceptors (Lipinski definition) is 10. The molecular weight excluding hydrogens is 682 g/mol. The molecule has 0 aliphatic rings. The Balaban J connectivity index is -0.000000106. The van der Waals surface area contributed by atoms with Gasteiger partial charge in [-0.25, -0.2) is 0 Å². The lowest BCUT2D eigenvalue weighted by molar-refractivity contribution is -0.140. The highest BCUT2D eigenvalue weighted by molar-refractivity contribution is 5.90. The molecule has 0 aromatic carbocycles. The second-order valence-electron chi connectivity index (χ2n) is 10.1. The molecule has 308 valence electrons. The first-order valence-corrected chi connectivity index (χ1v) is 17.3. The molecule has 0 radical (unpaired) electrons. The number of carbonyl (C=O) groups excluding carboxylic acids is 8. The van der Waals surface area contributed by atoms with Crippen LogP contribution in [0, 0.1) is 0 Å². The summed E-state index contributed by atoms with van der Waals surface area (Å²) in [7, 11) is 0. The fraction of sp³-hybridized carbons (Fsp3) is 0.727. The van der Waals surface area contributed by atoms with Gasteiger partial charge in [0.2, 0.25) is 48.8 Å². The third-order valence-electron chi connectivity index (χ3n) is 4.64. The minimum Gasteiger partial charge on any atom is -0.481 e. The van der Waals surface area contributed by atoms with E-state index in [1.165, 1.54) is 19.3 Å². The van der Waals surface area contributed by atoms with E-state index < -0.39 is 36.2 Å². The predicted molar refractivity (Wildman–Crippen MR) is 202 cm³/mol. The van der Waals surface area contributed by atoms with Crippen LogP contribution in [-0.4, -0.2) is 104 Å². The summed E-state index contributed by atoms with van der Waals surface area (Å²) >= 11 is 0. The number of carbonyl (C=O) groups is 9. The van der Waals surface area contributed by atoms with Gasteiger partial charge in [-0.3, -0.25) is 43.2 Å².